The standard InChI is InChI=1S/C12H17BrN4O2/c13-10-9-14-12(17-3-7-19-8-4-17)15-11(10)16-1-5-18-6-2-16/h9H,1-8H2. The lowest BCUT2D eigenvalue weighted by Gasteiger charge is -2.31. The lowest BCUT2D eigenvalue weighted by atomic mass is 10.4. The second kappa shape index (κ2) is 6.02. The third-order valence-corrected chi connectivity index (χ3v) is 3.88. The highest BCUT2D eigenvalue weighted by atomic mass is 79.9. The van der Waals surface area contributed by atoms with Crippen molar-refractivity contribution in [3.05, 3.63) is 10.7 Å². The van der Waals surface area contributed by atoms with Crippen LogP contribution in [0.1, 0.15) is 0 Å². The van der Waals surface area contributed by atoms with Gasteiger partial charge in [-0.1, -0.05) is 0 Å². The van der Waals surface area contributed by atoms with E-state index in [1.807, 2.05) is 6.20 Å². The summed E-state index contributed by atoms with van der Waals surface area (Å²) < 4.78 is 11.7. The number of nitrogens with zero attached hydrogens (tertiary/aromatic N) is 4. The number of morpholine rings is 2. The van der Waals surface area contributed by atoms with E-state index in [0.717, 1.165) is 68.8 Å². The molecule has 0 unspecified atom stereocenters. The molecule has 19 heavy (non-hydrogen) atoms. The van der Waals surface area contributed by atoms with Crippen LogP contribution < -0.4 is 9.80 Å². The van der Waals surface area contributed by atoms with Gasteiger partial charge in [-0.15, -0.1) is 0 Å². The quantitative estimate of drug-likeness (QED) is 0.804. The van der Waals surface area contributed by atoms with Crippen molar-refractivity contribution in [1.82, 2.24) is 9.97 Å². The second-order valence-corrected chi connectivity index (χ2v) is 5.39. The van der Waals surface area contributed by atoms with Gasteiger partial charge in [-0.05, 0) is 15.9 Å². The van der Waals surface area contributed by atoms with Crippen molar-refractivity contribution in [3.63, 3.8) is 0 Å². The number of halogens is 1. The van der Waals surface area contributed by atoms with Crippen molar-refractivity contribution in [3.8, 4) is 0 Å². The second-order valence-electron chi connectivity index (χ2n) is 4.54. The summed E-state index contributed by atoms with van der Waals surface area (Å²) in [5, 5.41) is 0. The number of hydrogen-bond acceptors (Lipinski definition) is 6. The van der Waals surface area contributed by atoms with Crippen LogP contribution in [0.5, 0.6) is 0 Å². The van der Waals surface area contributed by atoms with Gasteiger partial charge in [0, 0.05) is 32.4 Å². The Labute approximate surface area is 120 Å². The predicted molar refractivity (Wildman–Crippen MR) is 75.8 cm³/mol. The summed E-state index contributed by atoms with van der Waals surface area (Å²) in [4.78, 5) is 13.5. The van der Waals surface area contributed by atoms with Crippen LogP contribution in [0.3, 0.4) is 0 Å². The molecule has 1 aromatic rings. The molecule has 0 N–H and O–H groups in total. The van der Waals surface area contributed by atoms with Crippen molar-refractivity contribution in [2.45, 2.75) is 0 Å². The van der Waals surface area contributed by atoms with Gasteiger partial charge in [0.05, 0.1) is 30.9 Å². The summed E-state index contributed by atoms with van der Waals surface area (Å²) in [5.41, 5.74) is 0. The molecule has 3 rings (SSSR count). The summed E-state index contributed by atoms with van der Waals surface area (Å²) in [6, 6.07) is 0. The first kappa shape index (κ1) is 13.1. The molecule has 0 aliphatic carbocycles. The number of rotatable bonds is 2. The topological polar surface area (TPSA) is 50.7 Å². The molecule has 104 valence electrons. The molecule has 7 heteroatoms. The Hall–Kier alpha value is -0.920. The number of hydrogen-bond donors (Lipinski definition) is 0. The van der Waals surface area contributed by atoms with Crippen LogP contribution >= 0.6 is 15.9 Å². The zero-order valence-corrected chi connectivity index (χ0v) is 12.3. The summed E-state index contributed by atoms with van der Waals surface area (Å²) in [5.74, 6) is 1.74. The molecule has 2 saturated heterocycles. The first-order chi connectivity index (χ1) is 9.34. The van der Waals surface area contributed by atoms with Gasteiger partial charge in [0.25, 0.3) is 0 Å². The molecule has 2 aliphatic heterocycles. The fourth-order valence-electron chi connectivity index (χ4n) is 2.26. The normalized spacial score (nSPS) is 20.7. The van der Waals surface area contributed by atoms with Gasteiger partial charge in [-0.25, -0.2) is 4.98 Å². The van der Waals surface area contributed by atoms with Gasteiger partial charge in [0.15, 0.2) is 0 Å². The molecule has 3 heterocycles. The van der Waals surface area contributed by atoms with Gasteiger partial charge in [0.2, 0.25) is 5.95 Å². The maximum absolute atomic E-state index is 5.38. The minimum atomic E-state index is 0.742. The Kier molecular flexibility index (Phi) is 4.15. The van der Waals surface area contributed by atoms with Crippen LogP contribution in [0.2, 0.25) is 0 Å². The average Bonchev–Trinajstić information content (AvgIpc) is 2.49. The minimum absolute atomic E-state index is 0.742. The van der Waals surface area contributed by atoms with Crippen molar-refractivity contribution >= 4 is 27.7 Å². The van der Waals surface area contributed by atoms with Crippen LogP contribution in [-0.2, 0) is 9.47 Å². The molecule has 6 nitrogen and oxygen atoms in total. The average molecular weight is 329 g/mol. The van der Waals surface area contributed by atoms with E-state index in [0.29, 0.717) is 0 Å². The van der Waals surface area contributed by atoms with Crippen molar-refractivity contribution in [2.75, 3.05) is 62.4 Å². The molecular weight excluding hydrogens is 312 g/mol. The Bertz CT molecular complexity index is 434. The first-order valence-corrected chi connectivity index (χ1v) is 7.32. The summed E-state index contributed by atoms with van der Waals surface area (Å²) in [7, 11) is 0. The maximum atomic E-state index is 5.38. The lowest BCUT2D eigenvalue weighted by molar-refractivity contribution is 0.121. The van der Waals surface area contributed by atoms with Crippen molar-refractivity contribution < 1.29 is 9.47 Å². The molecular formula is C12H17BrN4O2. The molecule has 0 saturated carbocycles. The SMILES string of the molecule is Brc1cnc(N2CCOCC2)nc1N1CCOCC1. The Morgan fingerprint density at radius 3 is 2.16 bits per heavy atom. The van der Waals surface area contributed by atoms with Crippen LogP contribution in [-0.4, -0.2) is 62.6 Å². The Balaban J connectivity index is 1.82. The third kappa shape index (κ3) is 2.98. The highest BCUT2D eigenvalue weighted by molar-refractivity contribution is 9.10. The van der Waals surface area contributed by atoms with Crippen molar-refractivity contribution in [2.24, 2.45) is 0 Å². The van der Waals surface area contributed by atoms with E-state index in [2.05, 4.69) is 30.7 Å². The fraction of sp³-hybridized carbons (Fsp3) is 0.667. The summed E-state index contributed by atoms with van der Waals surface area (Å²) in [6.07, 6.45) is 1.84. The minimum Gasteiger partial charge on any atom is -0.378 e. The molecule has 0 spiro atoms. The van der Waals surface area contributed by atoms with Crippen LogP contribution in [0, 0.1) is 0 Å². The Morgan fingerprint density at radius 1 is 0.947 bits per heavy atom. The fourth-order valence-corrected chi connectivity index (χ4v) is 2.70. The largest absolute Gasteiger partial charge is 0.378 e. The van der Waals surface area contributed by atoms with Gasteiger partial charge in [0.1, 0.15) is 5.82 Å². The van der Waals surface area contributed by atoms with E-state index >= 15 is 0 Å². The molecule has 1 aromatic heterocycles. The van der Waals surface area contributed by atoms with E-state index in [4.69, 9.17) is 14.5 Å². The van der Waals surface area contributed by atoms with Gasteiger partial charge < -0.3 is 19.3 Å². The van der Waals surface area contributed by atoms with E-state index in [9.17, 15) is 0 Å². The van der Waals surface area contributed by atoms with Gasteiger partial charge >= 0.3 is 0 Å². The van der Waals surface area contributed by atoms with Gasteiger partial charge in [-0.3, -0.25) is 0 Å². The lowest BCUT2D eigenvalue weighted by Crippen LogP contribution is -2.39. The van der Waals surface area contributed by atoms with Gasteiger partial charge in [-0.2, -0.15) is 4.98 Å². The zero-order valence-electron chi connectivity index (χ0n) is 10.7. The van der Waals surface area contributed by atoms with E-state index in [-0.39, 0.29) is 0 Å². The maximum Gasteiger partial charge on any atom is 0.227 e. The molecule has 0 bridgehead atoms. The van der Waals surface area contributed by atoms with Crippen LogP contribution in [0.4, 0.5) is 11.8 Å². The zero-order chi connectivity index (χ0) is 13.1. The highest BCUT2D eigenvalue weighted by Crippen LogP contribution is 2.26. The van der Waals surface area contributed by atoms with E-state index in [1.165, 1.54) is 0 Å². The number of ether oxygens (including phenoxy) is 2. The first-order valence-electron chi connectivity index (χ1n) is 6.52. The molecule has 0 atom stereocenters. The van der Waals surface area contributed by atoms with E-state index in [1.54, 1.807) is 0 Å². The monoisotopic (exact) mass is 328 g/mol. The van der Waals surface area contributed by atoms with Crippen LogP contribution in [0.25, 0.3) is 0 Å². The number of aromatic nitrogens is 2. The molecule has 0 radical (unpaired) electrons. The smallest absolute Gasteiger partial charge is 0.227 e. The predicted octanol–water partition coefficient (Wildman–Crippen LogP) is 0.912. The Morgan fingerprint density at radius 2 is 1.53 bits per heavy atom. The van der Waals surface area contributed by atoms with E-state index < -0.39 is 0 Å². The molecule has 2 fully saturated rings. The molecule has 0 aromatic carbocycles. The number of anilines is 2. The third-order valence-electron chi connectivity index (χ3n) is 3.32. The van der Waals surface area contributed by atoms with Crippen LogP contribution in [0.15, 0.2) is 10.7 Å². The molecule has 0 amide bonds. The molecule has 2 aliphatic rings. The summed E-state index contributed by atoms with van der Waals surface area (Å²) >= 11 is 3.54. The van der Waals surface area contributed by atoms with Crippen molar-refractivity contribution in [1.29, 1.82) is 0 Å². The highest BCUT2D eigenvalue weighted by Gasteiger charge is 2.19. The summed E-state index contributed by atoms with van der Waals surface area (Å²) in [6.45, 7) is 6.44.